The summed E-state index contributed by atoms with van der Waals surface area (Å²) in [4.78, 5) is 3.70. The highest BCUT2D eigenvalue weighted by atomic mass is 35.5. The van der Waals surface area contributed by atoms with Crippen molar-refractivity contribution < 1.29 is 14.2 Å². The van der Waals surface area contributed by atoms with E-state index in [4.69, 9.17) is 25.8 Å². The molecule has 7 heteroatoms. The number of ether oxygens (including phenoxy) is 3. The van der Waals surface area contributed by atoms with Crippen molar-refractivity contribution in [2.45, 2.75) is 12.5 Å². The summed E-state index contributed by atoms with van der Waals surface area (Å²) in [6.45, 7) is 4.00. The summed E-state index contributed by atoms with van der Waals surface area (Å²) >= 11 is 7.86. The molecule has 1 atom stereocenters. The largest absolute Gasteiger partial charge is 0.493 e. The molecule has 1 aromatic heterocycles. The fraction of sp³-hybridized carbons (Fsp3) is 0.474. The first kappa shape index (κ1) is 19.3. The first-order chi connectivity index (χ1) is 12.7. The average molecular weight is 397 g/mol. The van der Waals surface area contributed by atoms with Gasteiger partial charge in [-0.1, -0.05) is 11.6 Å². The molecule has 1 fully saturated rings. The van der Waals surface area contributed by atoms with Crippen LogP contribution in [0.3, 0.4) is 0 Å². The molecule has 26 heavy (non-hydrogen) atoms. The van der Waals surface area contributed by atoms with E-state index >= 15 is 0 Å². The van der Waals surface area contributed by atoms with E-state index in [9.17, 15) is 0 Å². The van der Waals surface area contributed by atoms with Gasteiger partial charge < -0.3 is 19.5 Å². The molecule has 0 bridgehead atoms. The molecule has 0 saturated carbocycles. The lowest BCUT2D eigenvalue weighted by atomic mass is 10.0. The molecule has 2 heterocycles. The average Bonchev–Trinajstić information content (AvgIpc) is 2.91. The zero-order valence-corrected chi connectivity index (χ0v) is 17.0. The molecule has 2 aromatic rings. The maximum Gasteiger partial charge on any atom is 0.203 e. The molecule has 1 N–H and O–H groups in total. The number of hydrogen-bond donors (Lipinski definition) is 1. The van der Waals surface area contributed by atoms with Crippen molar-refractivity contribution in [1.29, 1.82) is 0 Å². The standard InChI is InChI=1S/C19H25ClN2O3S/c1-23-14-11-13(12-15(24-2)19(14)25-3)18(16-5-6-17(20)26-16)22-9-4-7-21-8-10-22/h5-6,11-12,18,21H,4,7-10H2,1-3H3. The van der Waals surface area contributed by atoms with Gasteiger partial charge in [0, 0.05) is 24.5 Å². The second-order valence-corrected chi connectivity index (χ2v) is 7.89. The number of methoxy groups -OCH3 is 3. The Kier molecular flexibility index (Phi) is 6.64. The number of hydrogen-bond acceptors (Lipinski definition) is 6. The van der Waals surface area contributed by atoms with E-state index in [1.807, 2.05) is 18.2 Å². The van der Waals surface area contributed by atoms with Gasteiger partial charge in [-0.2, -0.15) is 0 Å². The molecule has 0 spiro atoms. The Labute approximate surface area is 163 Å². The Morgan fingerprint density at radius 2 is 1.77 bits per heavy atom. The summed E-state index contributed by atoms with van der Waals surface area (Å²) in [5, 5.41) is 3.47. The second-order valence-electron chi connectivity index (χ2n) is 6.14. The Morgan fingerprint density at radius 1 is 1.04 bits per heavy atom. The van der Waals surface area contributed by atoms with Crippen molar-refractivity contribution >= 4 is 22.9 Å². The lowest BCUT2D eigenvalue weighted by Gasteiger charge is -2.31. The number of thiophene rings is 1. The predicted octanol–water partition coefficient (Wildman–Crippen LogP) is 3.81. The fourth-order valence-corrected chi connectivity index (χ4v) is 4.64. The number of nitrogens with zero attached hydrogens (tertiary/aromatic N) is 1. The van der Waals surface area contributed by atoms with E-state index in [0.717, 1.165) is 42.5 Å². The number of rotatable bonds is 6. The molecule has 5 nitrogen and oxygen atoms in total. The van der Waals surface area contributed by atoms with E-state index in [2.05, 4.69) is 16.3 Å². The summed E-state index contributed by atoms with van der Waals surface area (Å²) < 4.78 is 17.4. The first-order valence-electron chi connectivity index (χ1n) is 8.67. The van der Waals surface area contributed by atoms with Crippen molar-refractivity contribution in [2.24, 2.45) is 0 Å². The Morgan fingerprint density at radius 3 is 2.35 bits per heavy atom. The molecule has 1 saturated heterocycles. The zero-order valence-electron chi connectivity index (χ0n) is 15.4. The van der Waals surface area contributed by atoms with Crippen molar-refractivity contribution in [3.05, 3.63) is 39.0 Å². The summed E-state index contributed by atoms with van der Waals surface area (Å²) in [6, 6.07) is 8.25. The normalized spacial score (nSPS) is 16.8. The van der Waals surface area contributed by atoms with Crippen molar-refractivity contribution in [3.8, 4) is 17.2 Å². The highest BCUT2D eigenvalue weighted by Gasteiger charge is 2.27. The van der Waals surface area contributed by atoms with Crippen molar-refractivity contribution in [3.63, 3.8) is 0 Å². The van der Waals surface area contributed by atoms with Gasteiger partial charge in [-0.25, -0.2) is 0 Å². The van der Waals surface area contributed by atoms with Crippen LogP contribution in [0.2, 0.25) is 4.34 Å². The molecule has 1 aliphatic rings. The van der Waals surface area contributed by atoms with E-state index < -0.39 is 0 Å². The monoisotopic (exact) mass is 396 g/mol. The summed E-state index contributed by atoms with van der Waals surface area (Å²) in [5.41, 5.74) is 1.11. The maximum atomic E-state index is 6.25. The van der Waals surface area contributed by atoms with E-state index in [1.165, 1.54) is 4.88 Å². The minimum Gasteiger partial charge on any atom is -0.493 e. The molecule has 142 valence electrons. The third kappa shape index (κ3) is 4.09. The smallest absolute Gasteiger partial charge is 0.203 e. The van der Waals surface area contributed by atoms with E-state index in [1.54, 1.807) is 32.7 Å². The lowest BCUT2D eigenvalue weighted by Crippen LogP contribution is -2.32. The quantitative estimate of drug-likeness (QED) is 0.804. The molecule has 0 aliphatic carbocycles. The van der Waals surface area contributed by atoms with E-state index in [0.29, 0.717) is 17.2 Å². The van der Waals surface area contributed by atoms with E-state index in [-0.39, 0.29) is 6.04 Å². The second kappa shape index (κ2) is 8.95. The third-order valence-corrected chi connectivity index (χ3v) is 5.89. The van der Waals surface area contributed by atoms with Crippen LogP contribution in [-0.4, -0.2) is 52.4 Å². The Hall–Kier alpha value is -1.47. The predicted molar refractivity (Wildman–Crippen MR) is 106 cm³/mol. The van der Waals surface area contributed by atoms with Crippen molar-refractivity contribution in [1.82, 2.24) is 10.2 Å². The number of halogens is 1. The van der Waals surface area contributed by atoms with Gasteiger partial charge in [0.05, 0.1) is 31.7 Å². The number of benzene rings is 1. The first-order valence-corrected chi connectivity index (χ1v) is 9.87. The van der Waals surface area contributed by atoms with Gasteiger partial charge in [0.2, 0.25) is 5.75 Å². The van der Waals surface area contributed by atoms with Crippen LogP contribution in [-0.2, 0) is 0 Å². The van der Waals surface area contributed by atoms with Crippen LogP contribution < -0.4 is 19.5 Å². The summed E-state index contributed by atoms with van der Waals surface area (Å²) in [5.74, 6) is 1.95. The highest BCUT2D eigenvalue weighted by Crippen LogP contribution is 2.43. The lowest BCUT2D eigenvalue weighted by molar-refractivity contribution is 0.242. The molecule has 1 aliphatic heterocycles. The van der Waals surface area contributed by atoms with Gasteiger partial charge in [-0.3, -0.25) is 4.90 Å². The molecular weight excluding hydrogens is 372 g/mol. The van der Waals surface area contributed by atoms with Gasteiger partial charge in [0.15, 0.2) is 11.5 Å². The van der Waals surface area contributed by atoms with Crippen LogP contribution in [0.15, 0.2) is 24.3 Å². The minimum absolute atomic E-state index is 0.0982. The SMILES string of the molecule is COc1cc(C(c2ccc(Cl)s2)N2CCCNCC2)cc(OC)c1OC. The molecule has 0 radical (unpaired) electrons. The molecular formula is C19H25ClN2O3S. The zero-order chi connectivity index (χ0) is 18.5. The van der Waals surface area contributed by atoms with Gasteiger partial charge >= 0.3 is 0 Å². The van der Waals surface area contributed by atoms with Crippen LogP contribution >= 0.6 is 22.9 Å². The molecule has 1 aromatic carbocycles. The fourth-order valence-electron chi connectivity index (χ4n) is 3.41. The van der Waals surface area contributed by atoms with Gasteiger partial charge in [-0.15, -0.1) is 11.3 Å². The van der Waals surface area contributed by atoms with Gasteiger partial charge in [0.25, 0.3) is 0 Å². The highest BCUT2D eigenvalue weighted by molar-refractivity contribution is 7.16. The molecule has 0 amide bonds. The molecule has 3 rings (SSSR count). The van der Waals surface area contributed by atoms with Crippen LogP contribution in [0.1, 0.15) is 22.9 Å². The van der Waals surface area contributed by atoms with Gasteiger partial charge in [-0.05, 0) is 42.8 Å². The Balaban J connectivity index is 2.08. The van der Waals surface area contributed by atoms with Crippen LogP contribution in [0.4, 0.5) is 0 Å². The van der Waals surface area contributed by atoms with Crippen LogP contribution in [0.5, 0.6) is 17.2 Å². The summed E-state index contributed by atoms with van der Waals surface area (Å²) in [6.07, 6.45) is 1.11. The van der Waals surface area contributed by atoms with Crippen LogP contribution in [0, 0.1) is 0 Å². The third-order valence-electron chi connectivity index (χ3n) is 4.61. The minimum atomic E-state index is 0.0982. The molecule has 1 unspecified atom stereocenters. The topological polar surface area (TPSA) is 43.0 Å². The van der Waals surface area contributed by atoms with Gasteiger partial charge in [0.1, 0.15) is 0 Å². The Bertz CT molecular complexity index is 704. The number of nitrogens with one attached hydrogen (secondary N) is 1. The maximum absolute atomic E-state index is 6.25. The van der Waals surface area contributed by atoms with Crippen LogP contribution in [0.25, 0.3) is 0 Å². The summed E-state index contributed by atoms with van der Waals surface area (Å²) in [7, 11) is 4.92. The van der Waals surface area contributed by atoms with Crippen molar-refractivity contribution in [2.75, 3.05) is 47.5 Å².